The molecular formula is C18H20N4O2S2. The number of anilines is 1. The van der Waals surface area contributed by atoms with Gasteiger partial charge in [0.2, 0.25) is 10.9 Å². The SMILES string of the molecule is Cc1nn2c(=O)cc(CSc3ccccc3NC(=O)CC(C)C)nc2s1. The van der Waals surface area contributed by atoms with Gasteiger partial charge in [-0.2, -0.15) is 9.61 Å². The Morgan fingerprint density at radius 1 is 1.35 bits per heavy atom. The molecule has 0 unspecified atom stereocenters. The van der Waals surface area contributed by atoms with Gasteiger partial charge in [-0.3, -0.25) is 9.59 Å². The number of thioether (sulfide) groups is 1. The smallest absolute Gasteiger partial charge is 0.275 e. The van der Waals surface area contributed by atoms with Crippen molar-refractivity contribution in [3.63, 3.8) is 0 Å². The summed E-state index contributed by atoms with van der Waals surface area (Å²) in [6.45, 7) is 5.88. The molecule has 0 atom stereocenters. The number of amides is 1. The number of hydrogen-bond donors (Lipinski definition) is 1. The fourth-order valence-corrected chi connectivity index (χ4v) is 4.11. The van der Waals surface area contributed by atoms with Gasteiger partial charge in [0.05, 0.1) is 11.4 Å². The normalized spacial score (nSPS) is 11.2. The van der Waals surface area contributed by atoms with Crippen LogP contribution in [0.3, 0.4) is 0 Å². The van der Waals surface area contributed by atoms with Crippen LogP contribution in [-0.4, -0.2) is 20.5 Å². The number of carbonyl (C=O) groups is 1. The van der Waals surface area contributed by atoms with E-state index in [4.69, 9.17) is 0 Å². The fourth-order valence-electron chi connectivity index (χ4n) is 2.45. The Morgan fingerprint density at radius 3 is 2.88 bits per heavy atom. The van der Waals surface area contributed by atoms with Crippen molar-refractivity contribution in [3.05, 3.63) is 51.4 Å². The van der Waals surface area contributed by atoms with Gasteiger partial charge in [0.1, 0.15) is 5.01 Å². The third-order valence-corrected chi connectivity index (χ3v) is 5.46. The van der Waals surface area contributed by atoms with Gasteiger partial charge in [0.25, 0.3) is 5.56 Å². The highest BCUT2D eigenvalue weighted by Gasteiger charge is 2.11. The molecule has 2 heterocycles. The first-order valence-corrected chi connectivity index (χ1v) is 10.1. The standard InChI is InChI=1S/C18H20N4O2S2/c1-11(2)8-16(23)20-14-6-4-5-7-15(14)25-10-13-9-17(24)22-18(19-13)26-12(3)21-22/h4-7,9,11H,8,10H2,1-3H3,(H,20,23). The van der Waals surface area contributed by atoms with Gasteiger partial charge in [-0.15, -0.1) is 11.8 Å². The summed E-state index contributed by atoms with van der Waals surface area (Å²) >= 11 is 2.94. The van der Waals surface area contributed by atoms with Crippen molar-refractivity contribution < 1.29 is 4.79 Å². The molecule has 3 aromatic rings. The van der Waals surface area contributed by atoms with Crippen LogP contribution in [0.1, 0.15) is 31.0 Å². The van der Waals surface area contributed by atoms with Crippen LogP contribution in [0.4, 0.5) is 5.69 Å². The number of carbonyl (C=O) groups excluding carboxylic acids is 1. The molecule has 3 rings (SSSR count). The Hall–Kier alpha value is -2.19. The Bertz CT molecular complexity index is 994. The van der Waals surface area contributed by atoms with E-state index in [1.54, 1.807) is 11.8 Å². The second-order valence-corrected chi connectivity index (χ2v) is 8.51. The van der Waals surface area contributed by atoms with Gasteiger partial charge in [-0.05, 0) is 25.0 Å². The number of fused-ring (bicyclic) bond motifs is 1. The molecule has 136 valence electrons. The molecule has 1 aromatic carbocycles. The van der Waals surface area contributed by atoms with E-state index in [0.717, 1.165) is 15.6 Å². The molecule has 6 nitrogen and oxygen atoms in total. The number of rotatable bonds is 6. The molecule has 0 aliphatic rings. The highest BCUT2D eigenvalue weighted by molar-refractivity contribution is 7.98. The zero-order valence-corrected chi connectivity index (χ0v) is 16.5. The monoisotopic (exact) mass is 388 g/mol. The number of aryl methyl sites for hydroxylation is 1. The minimum atomic E-state index is -0.173. The van der Waals surface area contributed by atoms with Crippen LogP contribution in [0.5, 0.6) is 0 Å². The summed E-state index contributed by atoms with van der Waals surface area (Å²) < 4.78 is 1.33. The summed E-state index contributed by atoms with van der Waals surface area (Å²) in [6, 6.07) is 9.18. The third-order valence-electron chi connectivity index (χ3n) is 3.53. The number of nitrogens with one attached hydrogen (secondary N) is 1. The van der Waals surface area contributed by atoms with Crippen molar-refractivity contribution in [2.24, 2.45) is 5.92 Å². The predicted molar refractivity (Wildman–Crippen MR) is 106 cm³/mol. The minimum Gasteiger partial charge on any atom is -0.325 e. The van der Waals surface area contributed by atoms with Crippen LogP contribution in [0.2, 0.25) is 0 Å². The van der Waals surface area contributed by atoms with Crippen molar-refractivity contribution in [2.45, 2.75) is 37.8 Å². The number of aromatic nitrogens is 3. The summed E-state index contributed by atoms with van der Waals surface area (Å²) in [5.41, 5.74) is 1.31. The van der Waals surface area contributed by atoms with Crippen LogP contribution in [0, 0.1) is 12.8 Å². The first-order chi connectivity index (χ1) is 12.4. The molecule has 0 aliphatic heterocycles. The van der Waals surface area contributed by atoms with Crippen molar-refractivity contribution in [1.29, 1.82) is 0 Å². The molecule has 0 bridgehead atoms. The average molecular weight is 389 g/mol. The maximum absolute atomic E-state index is 12.1. The molecule has 0 radical (unpaired) electrons. The molecule has 0 aliphatic carbocycles. The van der Waals surface area contributed by atoms with E-state index in [2.05, 4.69) is 15.4 Å². The summed E-state index contributed by atoms with van der Waals surface area (Å²) in [5, 5.41) is 7.92. The van der Waals surface area contributed by atoms with Gasteiger partial charge >= 0.3 is 0 Å². The summed E-state index contributed by atoms with van der Waals surface area (Å²) in [7, 11) is 0. The molecule has 0 fully saturated rings. The third kappa shape index (κ3) is 4.50. The van der Waals surface area contributed by atoms with Crippen LogP contribution in [-0.2, 0) is 10.5 Å². The summed E-state index contributed by atoms with van der Waals surface area (Å²) in [6.07, 6.45) is 0.485. The van der Waals surface area contributed by atoms with Crippen molar-refractivity contribution in [1.82, 2.24) is 14.6 Å². The average Bonchev–Trinajstić information content (AvgIpc) is 2.94. The van der Waals surface area contributed by atoms with Crippen LogP contribution in [0.25, 0.3) is 4.96 Å². The Kier molecular flexibility index (Phi) is 5.73. The lowest BCUT2D eigenvalue weighted by Gasteiger charge is -2.11. The van der Waals surface area contributed by atoms with Gasteiger partial charge in [0, 0.05) is 23.1 Å². The van der Waals surface area contributed by atoms with E-state index in [9.17, 15) is 9.59 Å². The summed E-state index contributed by atoms with van der Waals surface area (Å²) in [5.74, 6) is 0.854. The maximum atomic E-state index is 12.1. The van der Waals surface area contributed by atoms with Gasteiger partial charge in [0.15, 0.2) is 0 Å². The van der Waals surface area contributed by atoms with E-state index in [1.165, 1.54) is 21.9 Å². The highest BCUT2D eigenvalue weighted by Crippen LogP contribution is 2.29. The first kappa shape index (κ1) is 18.6. The zero-order valence-electron chi connectivity index (χ0n) is 14.9. The number of hydrogen-bond acceptors (Lipinski definition) is 6. The maximum Gasteiger partial charge on any atom is 0.275 e. The van der Waals surface area contributed by atoms with E-state index in [0.29, 0.717) is 28.7 Å². The second kappa shape index (κ2) is 8.01. The molecule has 0 spiro atoms. The second-order valence-electron chi connectivity index (χ2n) is 6.33. The van der Waals surface area contributed by atoms with Crippen molar-refractivity contribution in [3.8, 4) is 0 Å². The number of benzene rings is 1. The number of nitrogens with zero attached hydrogens (tertiary/aromatic N) is 3. The molecule has 1 amide bonds. The molecule has 8 heteroatoms. The minimum absolute atomic E-state index is 0.00553. The molecular weight excluding hydrogens is 368 g/mol. The van der Waals surface area contributed by atoms with E-state index in [1.807, 2.05) is 45.0 Å². The Balaban J connectivity index is 1.76. The lowest BCUT2D eigenvalue weighted by Crippen LogP contribution is -2.15. The van der Waals surface area contributed by atoms with Gasteiger partial charge < -0.3 is 5.32 Å². The largest absolute Gasteiger partial charge is 0.325 e. The molecule has 2 aromatic heterocycles. The first-order valence-electron chi connectivity index (χ1n) is 8.30. The van der Waals surface area contributed by atoms with E-state index >= 15 is 0 Å². The Labute approximate surface area is 159 Å². The lowest BCUT2D eigenvalue weighted by molar-refractivity contribution is -0.116. The van der Waals surface area contributed by atoms with E-state index in [-0.39, 0.29) is 11.5 Å². The van der Waals surface area contributed by atoms with Crippen molar-refractivity contribution in [2.75, 3.05) is 5.32 Å². The molecule has 26 heavy (non-hydrogen) atoms. The van der Waals surface area contributed by atoms with Crippen molar-refractivity contribution >= 4 is 39.7 Å². The summed E-state index contributed by atoms with van der Waals surface area (Å²) in [4.78, 5) is 30.3. The van der Waals surface area contributed by atoms with Crippen LogP contribution in [0.15, 0.2) is 40.0 Å². The fraction of sp³-hybridized carbons (Fsp3) is 0.333. The van der Waals surface area contributed by atoms with Crippen LogP contribution >= 0.6 is 23.1 Å². The topological polar surface area (TPSA) is 76.4 Å². The van der Waals surface area contributed by atoms with Gasteiger partial charge in [-0.25, -0.2) is 4.98 Å². The molecule has 1 N–H and O–H groups in total. The lowest BCUT2D eigenvalue weighted by atomic mass is 10.1. The quantitative estimate of drug-likeness (QED) is 0.651. The predicted octanol–water partition coefficient (Wildman–Crippen LogP) is 3.74. The van der Waals surface area contributed by atoms with Crippen LogP contribution < -0.4 is 10.9 Å². The van der Waals surface area contributed by atoms with Gasteiger partial charge in [-0.1, -0.05) is 37.3 Å². The molecule has 0 saturated carbocycles. The zero-order chi connectivity index (χ0) is 18.7. The Morgan fingerprint density at radius 2 is 2.12 bits per heavy atom. The van der Waals surface area contributed by atoms with E-state index < -0.39 is 0 Å². The molecule has 0 saturated heterocycles. The number of para-hydroxylation sites is 1. The highest BCUT2D eigenvalue weighted by atomic mass is 32.2.